The first-order valence-corrected chi connectivity index (χ1v) is 9.87. The predicted molar refractivity (Wildman–Crippen MR) is 107 cm³/mol. The number of amides is 1. The molecule has 1 aliphatic heterocycles. The molecule has 1 fully saturated rings. The maximum atomic E-state index is 12.5. The van der Waals surface area contributed by atoms with E-state index in [4.69, 9.17) is 18.7 Å². The second-order valence-corrected chi connectivity index (χ2v) is 8.12. The monoisotopic (exact) mass is 417 g/mol. The number of carbonyl (C=O) groups excluding carboxylic acids is 2. The minimum atomic E-state index is -0.580. The average Bonchev–Trinajstić information content (AvgIpc) is 3.20. The SMILES string of the molecule is COc1cccc(-c2noc(COC(=O)C3CCCN(C(=O)OC(C)(C)C)C3)n2)c1. The Kier molecular flexibility index (Phi) is 6.59. The molecule has 2 heterocycles. The second kappa shape index (κ2) is 9.15. The van der Waals surface area contributed by atoms with Crippen LogP contribution in [0.5, 0.6) is 5.75 Å². The number of ether oxygens (including phenoxy) is 3. The van der Waals surface area contributed by atoms with Gasteiger partial charge in [0.05, 0.1) is 13.0 Å². The third kappa shape index (κ3) is 5.71. The molecule has 0 N–H and O–H groups in total. The summed E-state index contributed by atoms with van der Waals surface area (Å²) in [6, 6.07) is 7.26. The van der Waals surface area contributed by atoms with Crippen LogP contribution in [-0.2, 0) is 20.9 Å². The molecule has 0 spiro atoms. The van der Waals surface area contributed by atoms with Crippen LogP contribution in [0.1, 0.15) is 39.5 Å². The van der Waals surface area contributed by atoms with Gasteiger partial charge in [0, 0.05) is 18.7 Å². The zero-order valence-corrected chi connectivity index (χ0v) is 17.7. The Morgan fingerprint density at radius 3 is 2.83 bits per heavy atom. The third-order valence-electron chi connectivity index (χ3n) is 4.54. The molecule has 0 radical (unpaired) electrons. The van der Waals surface area contributed by atoms with Crippen molar-refractivity contribution >= 4 is 12.1 Å². The number of methoxy groups -OCH3 is 1. The van der Waals surface area contributed by atoms with E-state index in [2.05, 4.69) is 10.1 Å². The number of rotatable bonds is 5. The zero-order valence-electron chi connectivity index (χ0n) is 17.7. The molecule has 9 nitrogen and oxygen atoms in total. The van der Waals surface area contributed by atoms with Crippen LogP contribution in [0.15, 0.2) is 28.8 Å². The fraction of sp³-hybridized carbons (Fsp3) is 0.524. The van der Waals surface area contributed by atoms with Gasteiger partial charge in [-0.2, -0.15) is 4.98 Å². The van der Waals surface area contributed by atoms with Crippen molar-refractivity contribution in [1.29, 1.82) is 0 Å². The minimum Gasteiger partial charge on any atom is -0.497 e. The van der Waals surface area contributed by atoms with E-state index < -0.39 is 23.6 Å². The van der Waals surface area contributed by atoms with Crippen molar-refractivity contribution in [2.75, 3.05) is 20.2 Å². The lowest BCUT2D eigenvalue weighted by Crippen LogP contribution is -2.45. The van der Waals surface area contributed by atoms with Crippen molar-refractivity contribution in [3.05, 3.63) is 30.2 Å². The lowest BCUT2D eigenvalue weighted by atomic mass is 9.98. The van der Waals surface area contributed by atoms with Crippen LogP contribution in [0, 0.1) is 5.92 Å². The van der Waals surface area contributed by atoms with E-state index in [0.717, 1.165) is 5.56 Å². The van der Waals surface area contributed by atoms with Crippen molar-refractivity contribution in [2.45, 2.75) is 45.8 Å². The molecule has 3 rings (SSSR count). The lowest BCUT2D eigenvalue weighted by Gasteiger charge is -2.33. The zero-order chi connectivity index (χ0) is 21.7. The first-order chi connectivity index (χ1) is 14.2. The molecule has 162 valence electrons. The van der Waals surface area contributed by atoms with Crippen LogP contribution in [-0.4, -0.2) is 52.9 Å². The van der Waals surface area contributed by atoms with Crippen LogP contribution in [0.2, 0.25) is 0 Å². The Bertz CT molecular complexity index is 889. The number of carbonyl (C=O) groups is 2. The summed E-state index contributed by atoms with van der Waals surface area (Å²) in [4.78, 5) is 30.5. The quantitative estimate of drug-likeness (QED) is 0.682. The Morgan fingerprint density at radius 2 is 2.10 bits per heavy atom. The molecule has 1 saturated heterocycles. The molecular weight excluding hydrogens is 390 g/mol. The molecule has 9 heteroatoms. The summed E-state index contributed by atoms with van der Waals surface area (Å²) in [5.41, 5.74) is 0.152. The number of piperidine rings is 1. The number of benzene rings is 1. The summed E-state index contributed by atoms with van der Waals surface area (Å²) in [7, 11) is 1.58. The highest BCUT2D eigenvalue weighted by atomic mass is 16.6. The van der Waals surface area contributed by atoms with Gasteiger partial charge >= 0.3 is 12.1 Å². The van der Waals surface area contributed by atoms with E-state index in [1.54, 1.807) is 18.1 Å². The van der Waals surface area contributed by atoms with Crippen LogP contribution in [0.3, 0.4) is 0 Å². The molecule has 1 amide bonds. The highest BCUT2D eigenvalue weighted by Crippen LogP contribution is 2.23. The maximum absolute atomic E-state index is 12.5. The Hall–Kier alpha value is -3.10. The topological polar surface area (TPSA) is 104 Å². The normalized spacial score (nSPS) is 16.8. The van der Waals surface area contributed by atoms with Crippen LogP contribution >= 0.6 is 0 Å². The number of likely N-dealkylation sites (tertiary alicyclic amines) is 1. The maximum Gasteiger partial charge on any atom is 0.410 e. The second-order valence-electron chi connectivity index (χ2n) is 8.12. The van der Waals surface area contributed by atoms with Crippen molar-refractivity contribution in [1.82, 2.24) is 15.0 Å². The van der Waals surface area contributed by atoms with E-state index >= 15 is 0 Å². The fourth-order valence-corrected chi connectivity index (χ4v) is 3.11. The molecule has 2 aromatic rings. The van der Waals surface area contributed by atoms with Gasteiger partial charge in [-0.1, -0.05) is 17.3 Å². The Labute approximate surface area is 175 Å². The Balaban J connectivity index is 1.54. The van der Waals surface area contributed by atoms with Crippen molar-refractivity contribution in [3.63, 3.8) is 0 Å². The molecule has 0 saturated carbocycles. The summed E-state index contributed by atoms with van der Waals surface area (Å²) in [5.74, 6) is 0.447. The van der Waals surface area contributed by atoms with Crippen molar-refractivity contribution in [2.24, 2.45) is 5.92 Å². The molecular formula is C21H27N3O6. The number of nitrogens with zero attached hydrogens (tertiary/aromatic N) is 3. The van der Waals surface area contributed by atoms with Gasteiger partial charge in [-0.05, 0) is 45.7 Å². The number of hydrogen-bond donors (Lipinski definition) is 0. The van der Waals surface area contributed by atoms with E-state index in [0.29, 0.717) is 31.0 Å². The summed E-state index contributed by atoms with van der Waals surface area (Å²) in [5, 5.41) is 3.92. The first kappa shape index (κ1) is 21.6. The van der Waals surface area contributed by atoms with Crippen molar-refractivity contribution in [3.8, 4) is 17.1 Å². The van der Waals surface area contributed by atoms with Gasteiger partial charge in [0.1, 0.15) is 11.4 Å². The van der Waals surface area contributed by atoms with E-state index in [9.17, 15) is 9.59 Å². The third-order valence-corrected chi connectivity index (χ3v) is 4.54. The van der Waals surface area contributed by atoms with Gasteiger partial charge in [0.25, 0.3) is 5.89 Å². The summed E-state index contributed by atoms with van der Waals surface area (Å²) in [6.07, 6.45) is 0.941. The molecule has 1 atom stereocenters. The number of esters is 1. The van der Waals surface area contributed by atoms with Crippen LogP contribution in [0.25, 0.3) is 11.4 Å². The van der Waals surface area contributed by atoms with Gasteiger partial charge in [-0.3, -0.25) is 4.79 Å². The summed E-state index contributed by atoms with van der Waals surface area (Å²) in [6.45, 7) is 6.14. The Morgan fingerprint density at radius 1 is 1.30 bits per heavy atom. The predicted octanol–water partition coefficient (Wildman–Crippen LogP) is 3.44. The van der Waals surface area contributed by atoms with E-state index in [1.807, 2.05) is 39.0 Å². The molecule has 0 bridgehead atoms. The number of aromatic nitrogens is 2. The van der Waals surface area contributed by atoms with Crippen molar-refractivity contribution < 1.29 is 28.3 Å². The van der Waals surface area contributed by atoms with Gasteiger partial charge < -0.3 is 23.6 Å². The van der Waals surface area contributed by atoms with Crippen LogP contribution < -0.4 is 4.74 Å². The van der Waals surface area contributed by atoms with Gasteiger partial charge in [0.2, 0.25) is 5.82 Å². The largest absolute Gasteiger partial charge is 0.497 e. The summed E-state index contributed by atoms with van der Waals surface area (Å²) < 4.78 is 21.1. The molecule has 1 aliphatic rings. The first-order valence-electron chi connectivity index (χ1n) is 9.87. The van der Waals surface area contributed by atoms with E-state index in [-0.39, 0.29) is 19.0 Å². The molecule has 30 heavy (non-hydrogen) atoms. The van der Waals surface area contributed by atoms with E-state index in [1.165, 1.54) is 0 Å². The van der Waals surface area contributed by atoms with Crippen LogP contribution in [0.4, 0.5) is 4.79 Å². The standard InChI is InChI=1S/C21H27N3O6/c1-21(2,3)29-20(26)24-10-6-8-15(12-24)19(25)28-13-17-22-18(23-30-17)14-7-5-9-16(11-14)27-4/h5,7,9,11,15H,6,8,10,12-13H2,1-4H3. The van der Waals surface area contributed by atoms with Gasteiger partial charge in [-0.15, -0.1) is 0 Å². The number of hydrogen-bond acceptors (Lipinski definition) is 8. The lowest BCUT2D eigenvalue weighted by molar-refractivity contribution is -0.152. The minimum absolute atomic E-state index is 0.126. The molecule has 1 unspecified atom stereocenters. The molecule has 0 aliphatic carbocycles. The highest BCUT2D eigenvalue weighted by molar-refractivity contribution is 5.75. The summed E-state index contributed by atoms with van der Waals surface area (Å²) >= 11 is 0. The average molecular weight is 417 g/mol. The molecule has 1 aromatic heterocycles. The molecule has 1 aromatic carbocycles. The van der Waals surface area contributed by atoms with Gasteiger partial charge in [0.15, 0.2) is 6.61 Å². The smallest absolute Gasteiger partial charge is 0.410 e. The fourth-order valence-electron chi connectivity index (χ4n) is 3.11. The van der Waals surface area contributed by atoms with Gasteiger partial charge in [-0.25, -0.2) is 4.79 Å². The highest BCUT2D eigenvalue weighted by Gasteiger charge is 2.32.